The molecule has 0 saturated carbocycles. The number of nitrogens with one attached hydrogen (secondary N) is 1. The third kappa shape index (κ3) is 5.06. The van der Waals surface area contributed by atoms with Crippen molar-refractivity contribution >= 4 is 32.7 Å². The monoisotopic (exact) mass is 503 g/mol. The van der Waals surface area contributed by atoms with E-state index in [-0.39, 0.29) is 27.6 Å². The zero-order valence-corrected chi connectivity index (χ0v) is 20.2. The Kier molecular flexibility index (Phi) is 6.76. The Labute approximate surface area is 207 Å². The highest BCUT2D eigenvalue weighted by atomic mass is 32.2. The number of hydrogen-bond acceptors (Lipinski definition) is 8. The molecular weight excluding hydrogens is 482 g/mol. The maximum absolute atomic E-state index is 12.9. The summed E-state index contributed by atoms with van der Waals surface area (Å²) in [5, 5.41) is 20.0. The average molecular weight is 504 g/mol. The minimum atomic E-state index is -4.24. The summed E-state index contributed by atoms with van der Waals surface area (Å²) in [6, 6.07) is 19.5. The highest BCUT2D eigenvalue weighted by Crippen LogP contribution is 2.26. The van der Waals surface area contributed by atoms with Crippen LogP contribution in [-0.4, -0.2) is 36.1 Å². The van der Waals surface area contributed by atoms with Crippen LogP contribution in [0.2, 0.25) is 0 Å². The lowest BCUT2D eigenvalue weighted by molar-refractivity contribution is 0.0501. The van der Waals surface area contributed by atoms with Crippen LogP contribution in [0.25, 0.3) is 16.6 Å². The predicted octanol–water partition coefficient (Wildman–Crippen LogP) is 4.60. The molecule has 1 aromatic heterocycles. The fourth-order valence-corrected chi connectivity index (χ4v) is 4.72. The van der Waals surface area contributed by atoms with Crippen molar-refractivity contribution in [2.24, 2.45) is 0 Å². The first-order valence-electron chi connectivity index (χ1n) is 10.7. The van der Waals surface area contributed by atoms with Gasteiger partial charge in [-0.1, -0.05) is 36.4 Å². The van der Waals surface area contributed by atoms with Gasteiger partial charge in [0.1, 0.15) is 28.7 Å². The number of imidazole rings is 1. The molecule has 0 unspecified atom stereocenters. The Balaban J connectivity index is 1.55. The van der Waals surface area contributed by atoms with Gasteiger partial charge in [-0.05, 0) is 55.3 Å². The summed E-state index contributed by atoms with van der Waals surface area (Å²) in [4.78, 5) is 19.9. The van der Waals surface area contributed by atoms with Gasteiger partial charge in [0.05, 0.1) is 11.0 Å². The summed E-state index contributed by atoms with van der Waals surface area (Å²) in [5.41, 5.74) is 2.13. The number of fused-ring (bicyclic) bond motifs is 1. The molecule has 0 aliphatic carbocycles. The third-order valence-electron chi connectivity index (χ3n) is 5.29. The van der Waals surface area contributed by atoms with Crippen molar-refractivity contribution in [3.63, 3.8) is 0 Å². The number of ether oxygens (including phenoxy) is 1. The van der Waals surface area contributed by atoms with Gasteiger partial charge in [-0.15, -0.1) is 0 Å². The van der Waals surface area contributed by atoms with Gasteiger partial charge in [0, 0.05) is 0 Å². The van der Waals surface area contributed by atoms with E-state index in [9.17, 15) is 23.6 Å². The summed E-state index contributed by atoms with van der Waals surface area (Å²) in [6.45, 7) is 2.75. The highest BCUT2D eigenvalue weighted by Gasteiger charge is 2.24. The van der Waals surface area contributed by atoms with E-state index >= 15 is 0 Å². The zero-order valence-electron chi connectivity index (χ0n) is 19.3. The SMILES string of the molecule is Cc1ccc(C)c(S(=O)(=O)Oc2ccccc2C(=O)OC/C(O)=C(\C#N)c2nc3ccccc3[nH]2)c1. The van der Waals surface area contributed by atoms with Crippen LogP contribution >= 0.6 is 0 Å². The summed E-state index contributed by atoms with van der Waals surface area (Å²) in [7, 11) is -4.24. The van der Waals surface area contributed by atoms with Gasteiger partial charge >= 0.3 is 16.1 Å². The number of nitrogens with zero attached hydrogens (tertiary/aromatic N) is 2. The number of allylic oxidation sites excluding steroid dienone is 1. The number of esters is 1. The lowest BCUT2D eigenvalue weighted by Gasteiger charge is -2.13. The summed E-state index contributed by atoms with van der Waals surface area (Å²) < 4.78 is 36.3. The van der Waals surface area contributed by atoms with Crippen LogP contribution in [0.3, 0.4) is 0 Å². The maximum Gasteiger partial charge on any atom is 0.342 e. The van der Waals surface area contributed by atoms with E-state index in [1.165, 1.54) is 30.3 Å². The lowest BCUT2D eigenvalue weighted by Crippen LogP contribution is -2.15. The van der Waals surface area contributed by atoms with Gasteiger partial charge in [-0.2, -0.15) is 13.7 Å². The van der Waals surface area contributed by atoms with Crippen molar-refractivity contribution in [2.75, 3.05) is 6.61 Å². The molecule has 1 heterocycles. The van der Waals surface area contributed by atoms with Crippen LogP contribution in [-0.2, 0) is 14.9 Å². The molecular formula is C26H21N3O6S. The average Bonchev–Trinajstić information content (AvgIpc) is 3.28. The maximum atomic E-state index is 12.9. The summed E-state index contributed by atoms with van der Waals surface area (Å²) in [6.07, 6.45) is 0. The number of H-pyrrole nitrogens is 1. The number of aromatic nitrogens is 2. The van der Waals surface area contributed by atoms with E-state index in [2.05, 4.69) is 9.97 Å². The van der Waals surface area contributed by atoms with Crippen molar-refractivity contribution in [1.29, 1.82) is 5.26 Å². The lowest BCUT2D eigenvalue weighted by atomic mass is 10.2. The van der Waals surface area contributed by atoms with Crippen molar-refractivity contribution < 1.29 is 27.2 Å². The number of hydrogen-bond donors (Lipinski definition) is 2. The molecule has 0 atom stereocenters. The Morgan fingerprint density at radius 3 is 2.56 bits per heavy atom. The van der Waals surface area contributed by atoms with Gasteiger partial charge in [0.2, 0.25) is 0 Å². The molecule has 0 fully saturated rings. The second kappa shape index (κ2) is 9.93. The van der Waals surface area contributed by atoms with E-state index in [1.54, 1.807) is 50.2 Å². The van der Waals surface area contributed by atoms with Gasteiger partial charge in [0.15, 0.2) is 17.3 Å². The quantitative estimate of drug-likeness (QED) is 0.161. The molecule has 4 aromatic rings. The molecule has 2 N–H and O–H groups in total. The van der Waals surface area contributed by atoms with E-state index in [1.807, 2.05) is 6.07 Å². The summed E-state index contributed by atoms with van der Waals surface area (Å²) >= 11 is 0. The Hall–Kier alpha value is -4.62. The van der Waals surface area contributed by atoms with E-state index in [0.29, 0.717) is 16.6 Å². The number of benzene rings is 3. The number of carbonyl (C=O) groups excluding carboxylic acids is 1. The van der Waals surface area contributed by atoms with Crippen LogP contribution in [0, 0.1) is 25.2 Å². The van der Waals surface area contributed by atoms with Crippen molar-refractivity contribution in [2.45, 2.75) is 18.7 Å². The van der Waals surface area contributed by atoms with Gasteiger partial charge in [-0.25, -0.2) is 9.78 Å². The number of rotatable bonds is 7. The molecule has 0 aliphatic heterocycles. The van der Waals surface area contributed by atoms with Gasteiger partial charge in [0.25, 0.3) is 0 Å². The van der Waals surface area contributed by atoms with Crippen LogP contribution in [0.1, 0.15) is 27.3 Å². The fourth-order valence-electron chi connectivity index (χ4n) is 3.46. The molecule has 0 spiro atoms. The smallest absolute Gasteiger partial charge is 0.342 e. The van der Waals surface area contributed by atoms with Gasteiger partial charge < -0.3 is 19.0 Å². The first-order chi connectivity index (χ1) is 17.2. The van der Waals surface area contributed by atoms with Crippen LogP contribution in [0.15, 0.2) is 77.4 Å². The van der Waals surface area contributed by atoms with Gasteiger partial charge in [-0.3, -0.25) is 0 Å². The molecule has 0 amide bonds. The van der Waals surface area contributed by atoms with Crippen molar-refractivity contribution in [1.82, 2.24) is 9.97 Å². The highest BCUT2D eigenvalue weighted by molar-refractivity contribution is 7.87. The first kappa shape index (κ1) is 24.5. The molecule has 0 saturated heterocycles. The molecule has 36 heavy (non-hydrogen) atoms. The number of aliphatic hydroxyl groups excluding tert-OH is 1. The molecule has 9 nitrogen and oxygen atoms in total. The molecule has 0 aliphatic rings. The second-order valence-electron chi connectivity index (χ2n) is 7.91. The first-order valence-corrected chi connectivity index (χ1v) is 12.2. The predicted molar refractivity (Wildman–Crippen MR) is 132 cm³/mol. The second-order valence-corrected chi connectivity index (χ2v) is 9.43. The summed E-state index contributed by atoms with van der Waals surface area (Å²) in [5.74, 6) is -1.58. The van der Waals surface area contributed by atoms with Crippen LogP contribution in [0.5, 0.6) is 5.75 Å². The Morgan fingerprint density at radius 1 is 1.08 bits per heavy atom. The zero-order chi connectivity index (χ0) is 25.9. The largest absolute Gasteiger partial charge is 0.507 e. The number of aromatic amines is 1. The van der Waals surface area contributed by atoms with E-state index in [0.717, 1.165) is 5.56 Å². The molecule has 182 valence electrons. The fraction of sp³-hybridized carbons (Fsp3) is 0.115. The number of para-hydroxylation sites is 3. The minimum Gasteiger partial charge on any atom is -0.507 e. The third-order valence-corrected chi connectivity index (χ3v) is 6.66. The van der Waals surface area contributed by atoms with Crippen LogP contribution < -0.4 is 4.18 Å². The minimum absolute atomic E-state index is 0.0178. The molecule has 4 rings (SSSR count). The Morgan fingerprint density at radius 2 is 1.81 bits per heavy atom. The molecule has 10 heteroatoms. The molecule has 0 bridgehead atoms. The molecule has 0 radical (unpaired) electrons. The number of aryl methyl sites for hydroxylation is 2. The topological polar surface area (TPSA) is 142 Å². The normalized spacial score (nSPS) is 12.0. The van der Waals surface area contributed by atoms with Crippen molar-refractivity contribution in [3.8, 4) is 11.8 Å². The van der Waals surface area contributed by atoms with Crippen molar-refractivity contribution in [3.05, 3.63) is 95.0 Å². The standard InChI is InChI=1S/C26H21N3O6S/c1-16-11-12-17(2)24(13-16)36(32,33)35-23-10-6-3-7-18(23)26(31)34-15-22(30)19(14-27)25-28-20-8-4-5-9-21(20)29-25/h3-13,30H,15H2,1-2H3,(H,28,29)/b22-19-. The van der Waals surface area contributed by atoms with Crippen LogP contribution in [0.4, 0.5) is 0 Å². The Bertz CT molecular complexity index is 1610. The van der Waals surface area contributed by atoms with E-state index in [4.69, 9.17) is 8.92 Å². The number of nitriles is 1. The number of carbonyl (C=O) groups is 1. The number of aliphatic hydroxyl groups is 1. The molecule has 3 aromatic carbocycles. The van der Waals surface area contributed by atoms with E-state index < -0.39 is 28.5 Å².